The highest BCUT2D eigenvalue weighted by molar-refractivity contribution is 5.84. The van der Waals surface area contributed by atoms with Crippen LogP contribution in [-0.4, -0.2) is 19.6 Å². The van der Waals surface area contributed by atoms with Gasteiger partial charge in [0, 0.05) is 5.69 Å². The van der Waals surface area contributed by atoms with Crippen molar-refractivity contribution >= 4 is 16.7 Å². The monoisotopic (exact) mass is 234 g/mol. The smallest absolute Gasteiger partial charge is 0.156 e. The van der Waals surface area contributed by atoms with Gasteiger partial charge in [0.05, 0.1) is 11.0 Å². The lowest BCUT2D eigenvalue weighted by molar-refractivity contribution is 1.00. The Kier molecular flexibility index (Phi) is 1.80. The molecule has 0 unspecified atom stereocenters. The summed E-state index contributed by atoms with van der Waals surface area (Å²) >= 11 is 0. The zero-order valence-electron chi connectivity index (χ0n) is 9.54. The molecule has 0 bridgehead atoms. The number of H-pyrrole nitrogens is 1. The Hall–Kier alpha value is -2.62. The molecule has 4 rings (SSSR count). The van der Waals surface area contributed by atoms with E-state index in [0.29, 0.717) is 0 Å². The number of hydrogen-bond donors (Lipinski definition) is 1. The summed E-state index contributed by atoms with van der Waals surface area (Å²) in [6, 6.07) is 16.4. The zero-order chi connectivity index (χ0) is 11.9. The van der Waals surface area contributed by atoms with Gasteiger partial charge >= 0.3 is 0 Å². The van der Waals surface area contributed by atoms with Crippen LogP contribution in [0.2, 0.25) is 0 Å². The predicted molar refractivity (Wildman–Crippen MR) is 70.3 cm³/mol. The minimum Gasteiger partial charge on any atom is -0.353 e. The molecule has 0 saturated heterocycles. The van der Waals surface area contributed by atoms with Gasteiger partial charge in [-0.15, -0.1) is 0 Å². The van der Waals surface area contributed by atoms with Crippen LogP contribution >= 0.6 is 0 Å². The van der Waals surface area contributed by atoms with Crippen molar-refractivity contribution in [2.75, 3.05) is 0 Å². The average Bonchev–Trinajstić information content (AvgIpc) is 3.05. The van der Waals surface area contributed by atoms with E-state index in [0.717, 1.165) is 22.4 Å². The number of nitrogens with one attached hydrogen (secondary N) is 1. The highest BCUT2D eigenvalue weighted by Gasteiger charge is 2.06. The summed E-state index contributed by atoms with van der Waals surface area (Å²) < 4.78 is 1.85. The third kappa shape index (κ3) is 1.26. The molecule has 3 aromatic heterocycles. The van der Waals surface area contributed by atoms with Crippen molar-refractivity contribution in [2.24, 2.45) is 0 Å². The summed E-state index contributed by atoms with van der Waals surface area (Å²) in [5.41, 5.74) is 5.23. The molecule has 0 saturated carbocycles. The molecule has 86 valence electrons. The number of nitrogens with zero attached hydrogens (tertiary/aromatic N) is 3. The van der Waals surface area contributed by atoms with Crippen LogP contribution in [0.1, 0.15) is 0 Å². The Morgan fingerprint density at radius 1 is 1.00 bits per heavy atom. The molecule has 0 aliphatic rings. The number of aromatic nitrogens is 4. The fraction of sp³-hybridized carbons (Fsp3) is 0. The van der Waals surface area contributed by atoms with Crippen molar-refractivity contribution < 1.29 is 0 Å². The van der Waals surface area contributed by atoms with Gasteiger partial charge in [0.2, 0.25) is 0 Å². The zero-order valence-corrected chi connectivity index (χ0v) is 9.54. The van der Waals surface area contributed by atoms with Crippen molar-refractivity contribution in [2.45, 2.75) is 0 Å². The summed E-state index contributed by atoms with van der Waals surface area (Å²) in [5, 5.41) is 4.24. The minimum absolute atomic E-state index is 0.862. The lowest BCUT2D eigenvalue weighted by Gasteiger charge is -1.94. The van der Waals surface area contributed by atoms with Gasteiger partial charge in [-0.3, -0.25) is 0 Å². The quantitative estimate of drug-likeness (QED) is 0.550. The maximum Gasteiger partial charge on any atom is 0.156 e. The molecule has 0 aliphatic carbocycles. The minimum atomic E-state index is 0.862. The third-order valence-electron chi connectivity index (χ3n) is 3.11. The van der Waals surface area contributed by atoms with Crippen LogP contribution < -0.4 is 0 Å². The van der Waals surface area contributed by atoms with E-state index in [1.165, 1.54) is 5.56 Å². The Morgan fingerprint density at radius 3 is 2.78 bits per heavy atom. The second kappa shape index (κ2) is 3.43. The first-order valence-electron chi connectivity index (χ1n) is 5.79. The van der Waals surface area contributed by atoms with Crippen LogP contribution in [0, 0.1) is 0 Å². The molecule has 1 N–H and O–H groups in total. The second-order valence-corrected chi connectivity index (χ2v) is 4.21. The molecule has 0 spiro atoms. The van der Waals surface area contributed by atoms with Crippen LogP contribution in [0.5, 0.6) is 0 Å². The summed E-state index contributed by atoms with van der Waals surface area (Å²) in [6.07, 6.45) is 1.57. The van der Waals surface area contributed by atoms with Crippen LogP contribution in [-0.2, 0) is 0 Å². The molecule has 4 heteroatoms. The number of fused-ring (bicyclic) bond motifs is 3. The first-order valence-corrected chi connectivity index (χ1v) is 5.79. The van der Waals surface area contributed by atoms with E-state index < -0.39 is 0 Å². The van der Waals surface area contributed by atoms with Gasteiger partial charge in [0.25, 0.3) is 0 Å². The number of hydrogen-bond acceptors (Lipinski definition) is 2. The number of rotatable bonds is 1. The highest BCUT2D eigenvalue weighted by atomic mass is 15.3. The van der Waals surface area contributed by atoms with Gasteiger partial charge in [0.1, 0.15) is 6.33 Å². The van der Waals surface area contributed by atoms with E-state index >= 15 is 0 Å². The van der Waals surface area contributed by atoms with Gasteiger partial charge in [-0.05, 0) is 23.8 Å². The van der Waals surface area contributed by atoms with E-state index in [-0.39, 0.29) is 0 Å². The normalized spacial score (nSPS) is 11.3. The second-order valence-electron chi connectivity index (χ2n) is 4.21. The molecule has 4 aromatic rings. The van der Waals surface area contributed by atoms with E-state index in [4.69, 9.17) is 0 Å². The van der Waals surface area contributed by atoms with E-state index in [9.17, 15) is 0 Å². The number of pyridine rings is 1. The van der Waals surface area contributed by atoms with E-state index in [2.05, 4.69) is 33.3 Å². The van der Waals surface area contributed by atoms with Crippen molar-refractivity contribution in [3.8, 4) is 11.3 Å². The summed E-state index contributed by atoms with van der Waals surface area (Å²) in [7, 11) is 0. The van der Waals surface area contributed by atoms with Crippen LogP contribution in [0.3, 0.4) is 0 Å². The molecule has 18 heavy (non-hydrogen) atoms. The highest BCUT2D eigenvalue weighted by Crippen LogP contribution is 2.23. The van der Waals surface area contributed by atoms with Crippen LogP contribution in [0.4, 0.5) is 0 Å². The first-order chi connectivity index (χ1) is 8.92. The van der Waals surface area contributed by atoms with Gasteiger partial charge in [-0.2, -0.15) is 5.10 Å². The van der Waals surface area contributed by atoms with Crippen molar-refractivity contribution in [1.82, 2.24) is 19.6 Å². The van der Waals surface area contributed by atoms with E-state index in [1.54, 1.807) is 6.33 Å². The Morgan fingerprint density at radius 2 is 1.89 bits per heavy atom. The summed E-state index contributed by atoms with van der Waals surface area (Å²) in [4.78, 5) is 7.59. The van der Waals surface area contributed by atoms with Gasteiger partial charge in [-0.25, -0.2) is 9.50 Å². The van der Waals surface area contributed by atoms with Gasteiger partial charge in [0.15, 0.2) is 5.65 Å². The largest absolute Gasteiger partial charge is 0.353 e. The number of benzene rings is 1. The molecule has 1 aromatic carbocycles. The maximum atomic E-state index is 4.24. The average molecular weight is 234 g/mol. The topological polar surface area (TPSA) is 46.0 Å². The van der Waals surface area contributed by atoms with Gasteiger partial charge in [-0.1, -0.05) is 30.3 Å². The Balaban J connectivity index is 2.04. The molecule has 0 atom stereocenters. The van der Waals surface area contributed by atoms with Crippen molar-refractivity contribution in [3.63, 3.8) is 0 Å². The fourth-order valence-corrected chi connectivity index (χ4v) is 2.24. The Labute approximate surface area is 103 Å². The molecular weight excluding hydrogens is 224 g/mol. The summed E-state index contributed by atoms with van der Waals surface area (Å²) in [6.45, 7) is 0. The predicted octanol–water partition coefficient (Wildman–Crippen LogP) is 2.88. The van der Waals surface area contributed by atoms with Gasteiger partial charge < -0.3 is 4.98 Å². The van der Waals surface area contributed by atoms with Crippen molar-refractivity contribution in [1.29, 1.82) is 0 Å². The lowest BCUT2D eigenvalue weighted by atomic mass is 10.2. The molecule has 0 amide bonds. The third-order valence-corrected chi connectivity index (χ3v) is 3.11. The Bertz CT molecular complexity index is 827. The molecule has 0 fully saturated rings. The van der Waals surface area contributed by atoms with Crippen LogP contribution in [0.15, 0.2) is 54.9 Å². The molecule has 0 aliphatic heterocycles. The maximum absolute atomic E-state index is 4.24. The molecule has 3 heterocycles. The number of aromatic amines is 1. The summed E-state index contributed by atoms with van der Waals surface area (Å²) in [5.74, 6) is 0. The standard InChI is InChI=1S/C14H10N4/c1-2-4-10(5-3-1)12-8-13-11(17-12)6-7-14-15-9-16-18(13)14/h1-9,17H. The van der Waals surface area contributed by atoms with Crippen LogP contribution in [0.25, 0.3) is 27.9 Å². The lowest BCUT2D eigenvalue weighted by Crippen LogP contribution is -1.86. The SMILES string of the molecule is c1ccc(-c2cc3c(ccc4ncnn43)[nH]2)cc1. The van der Waals surface area contributed by atoms with E-state index in [1.807, 2.05) is 34.8 Å². The molecule has 4 nitrogen and oxygen atoms in total. The fourth-order valence-electron chi connectivity index (χ4n) is 2.24. The first kappa shape index (κ1) is 9.41. The molecular formula is C14H10N4. The molecule has 0 radical (unpaired) electrons. The van der Waals surface area contributed by atoms with Crippen molar-refractivity contribution in [3.05, 3.63) is 54.9 Å².